The van der Waals surface area contributed by atoms with Crippen molar-refractivity contribution in [3.8, 4) is 0 Å². The van der Waals surface area contributed by atoms with E-state index in [2.05, 4.69) is 30.1 Å². The fourth-order valence-corrected chi connectivity index (χ4v) is 1.66. The molecule has 0 bridgehead atoms. The fraction of sp³-hybridized carbons (Fsp3) is 0.182. The molecule has 0 fully saturated rings. The Morgan fingerprint density at radius 1 is 1.23 bits per heavy atom. The van der Waals surface area contributed by atoms with E-state index < -0.39 is 0 Å². The van der Waals surface area contributed by atoms with Crippen molar-refractivity contribution in [3.05, 3.63) is 35.5 Å². The second-order valence-corrected chi connectivity index (χ2v) is 3.32. The van der Waals surface area contributed by atoms with Crippen molar-refractivity contribution in [1.82, 2.24) is 4.98 Å². The summed E-state index contributed by atoms with van der Waals surface area (Å²) in [7, 11) is 0. The number of fused-ring (bicyclic) bond motifs is 1. The molecule has 2 rings (SSSR count). The van der Waals surface area contributed by atoms with E-state index in [0.717, 1.165) is 11.1 Å². The highest BCUT2D eigenvalue weighted by atomic mass is 14.8. The van der Waals surface area contributed by atoms with Crippen LogP contribution in [-0.4, -0.2) is 4.98 Å². The van der Waals surface area contributed by atoms with E-state index in [-0.39, 0.29) is 0 Å². The van der Waals surface area contributed by atoms with Gasteiger partial charge >= 0.3 is 0 Å². The quantitative estimate of drug-likeness (QED) is 0.662. The zero-order valence-corrected chi connectivity index (χ0v) is 7.83. The summed E-state index contributed by atoms with van der Waals surface area (Å²) in [5, 5.41) is 2.25. The van der Waals surface area contributed by atoms with Crippen LogP contribution in [0.2, 0.25) is 0 Å². The Labute approximate surface area is 77.4 Å². The van der Waals surface area contributed by atoms with Crippen molar-refractivity contribution in [2.45, 2.75) is 13.8 Å². The highest BCUT2D eigenvalue weighted by Gasteiger charge is 2.02. The van der Waals surface area contributed by atoms with E-state index in [1.54, 1.807) is 0 Å². The lowest BCUT2D eigenvalue weighted by Crippen LogP contribution is -1.95. The van der Waals surface area contributed by atoms with Crippen LogP contribution in [0.4, 0.5) is 5.82 Å². The lowest BCUT2D eigenvalue weighted by Gasteiger charge is -2.05. The predicted molar refractivity (Wildman–Crippen MR) is 55.6 cm³/mol. The molecular weight excluding hydrogens is 160 g/mol. The minimum Gasteiger partial charge on any atom is -0.383 e. The summed E-state index contributed by atoms with van der Waals surface area (Å²) in [5.74, 6) is 0.633. The molecule has 2 heteroatoms. The smallest absolute Gasteiger partial charge is 0.131 e. The first-order chi connectivity index (χ1) is 6.18. The summed E-state index contributed by atoms with van der Waals surface area (Å²) in [6.07, 6.45) is 0. The maximum atomic E-state index is 5.85. The number of hydrogen-bond acceptors (Lipinski definition) is 2. The van der Waals surface area contributed by atoms with Crippen molar-refractivity contribution in [2.75, 3.05) is 5.73 Å². The van der Waals surface area contributed by atoms with E-state index in [9.17, 15) is 0 Å². The minimum atomic E-state index is 0.633. The number of nitrogen functional groups attached to an aromatic ring is 1. The Hall–Kier alpha value is -1.57. The van der Waals surface area contributed by atoms with Crippen LogP contribution >= 0.6 is 0 Å². The summed E-state index contributed by atoms with van der Waals surface area (Å²) in [6.45, 7) is 4.01. The van der Waals surface area contributed by atoms with Crippen molar-refractivity contribution < 1.29 is 0 Å². The topological polar surface area (TPSA) is 38.9 Å². The van der Waals surface area contributed by atoms with Gasteiger partial charge in [0.05, 0.1) is 0 Å². The molecule has 0 amide bonds. The second-order valence-electron chi connectivity index (χ2n) is 3.32. The SMILES string of the molecule is Cc1cc2cccc(C)c2c(N)n1. The first-order valence-electron chi connectivity index (χ1n) is 4.31. The molecular formula is C11H12N2. The van der Waals surface area contributed by atoms with Crippen molar-refractivity contribution in [1.29, 1.82) is 0 Å². The van der Waals surface area contributed by atoms with Crippen LogP contribution in [0.5, 0.6) is 0 Å². The van der Waals surface area contributed by atoms with Crippen LogP contribution in [0.1, 0.15) is 11.3 Å². The monoisotopic (exact) mass is 172 g/mol. The molecule has 0 aliphatic rings. The number of nitrogens with zero attached hydrogens (tertiary/aromatic N) is 1. The number of nitrogens with two attached hydrogens (primary N) is 1. The maximum absolute atomic E-state index is 5.85. The van der Waals surface area contributed by atoms with Crippen LogP contribution in [-0.2, 0) is 0 Å². The van der Waals surface area contributed by atoms with Gasteiger partial charge in [-0.3, -0.25) is 0 Å². The number of benzene rings is 1. The van der Waals surface area contributed by atoms with Gasteiger partial charge in [-0.2, -0.15) is 0 Å². The number of anilines is 1. The first kappa shape index (κ1) is 8.05. The fourth-order valence-electron chi connectivity index (χ4n) is 1.66. The van der Waals surface area contributed by atoms with Crippen molar-refractivity contribution in [3.63, 3.8) is 0 Å². The molecule has 2 N–H and O–H groups in total. The van der Waals surface area contributed by atoms with Gasteiger partial charge < -0.3 is 5.73 Å². The highest BCUT2D eigenvalue weighted by Crippen LogP contribution is 2.23. The lowest BCUT2D eigenvalue weighted by atomic mass is 10.1. The molecule has 1 aromatic carbocycles. The zero-order chi connectivity index (χ0) is 9.42. The number of pyridine rings is 1. The van der Waals surface area contributed by atoms with Crippen molar-refractivity contribution in [2.24, 2.45) is 0 Å². The zero-order valence-electron chi connectivity index (χ0n) is 7.83. The number of aryl methyl sites for hydroxylation is 2. The number of rotatable bonds is 0. The summed E-state index contributed by atoms with van der Waals surface area (Å²) < 4.78 is 0. The minimum absolute atomic E-state index is 0.633. The van der Waals surface area contributed by atoms with E-state index in [1.807, 2.05) is 13.0 Å². The Bertz CT molecular complexity index is 461. The normalized spacial score (nSPS) is 10.6. The Morgan fingerprint density at radius 2 is 2.00 bits per heavy atom. The van der Waals surface area contributed by atoms with Crippen LogP contribution in [0.25, 0.3) is 10.8 Å². The maximum Gasteiger partial charge on any atom is 0.131 e. The molecule has 1 heterocycles. The molecule has 0 aliphatic carbocycles. The molecule has 0 radical (unpaired) electrons. The third-order valence-electron chi connectivity index (χ3n) is 2.22. The summed E-state index contributed by atoms with van der Waals surface area (Å²) >= 11 is 0. The van der Waals surface area contributed by atoms with E-state index in [4.69, 9.17) is 5.73 Å². The molecule has 0 aliphatic heterocycles. The Balaban J connectivity index is 2.94. The average molecular weight is 172 g/mol. The van der Waals surface area contributed by atoms with Crippen LogP contribution in [0.15, 0.2) is 24.3 Å². The molecule has 1 aromatic heterocycles. The molecule has 2 nitrogen and oxygen atoms in total. The molecule has 0 atom stereocenters. The molecule has 2 aromatic rings. The van der Waals surface area contributed by atoms with Gasteiger partial charge in [0.25, 0.3) is 0 Å². The first-order valence-corrected chi connectivity index (χ1v) is 4.31. The summed E-state index contributed by atoms with van der Waals surface area (Å²) in [6, 6.07) is 8.21. The van der Waals surface area contributed by atoms with Gasteiger partial charge in [0, 0.05) is 11.1 Å². The van der Waals surface area contributed by atoms with Gasteiger partial charge in [-0.25, -0.2) is 4.98 Å². The standard InChI is InChI=1S/C11H12N2/c1-7-4-3-5-9-6-8(2)13-11(12)10(7)9/h3-6H,1-2H3,(H2,12,13). The summed E-state index contributed by atoms with van der Waals surface area (Å²) in [4.78, 5) is 4.24. The summed E-state index contributed by atoms with van der Waals surface area (Å²) in [5.41, 5.74) is 8.00. The molecule has 13 heavy (non-hydrogen) atoms. The van der Waals surface area contributed by atoms with Crippen molar-refractivity contribution >= 4 is 16.6 Å². The van der Waals surface area contributed by atoms with Gasteiger partial charge in [-0.05, 0) is 30.9 Å². The Morgan fingerprint density at radius 3 is 2.77 bits per heavy atom. The third-order valence-corrected chi connectivity index (χ3v) is 2.22. The third kappa shape index (κ3) is 1.24. The molecule has 0 saturated carbocycles. The van der Waals surface area contributed by atoms with Gasteiger partial charge in [-0.1, -0.05) is 18.2 Å². The molecule has 0 spiro atoms. The van der Waals surface area contributed by atoms with Crippen LogP contribution in [0, 0.1) is 13.8 Å². The molecule has 0 saturated heterocycles. The Kier molecular flexibility index (Phi) is 1.69. The van der Waals surface area contributed by atoms with Gasteiger partial charge in [0.1, 0.15) is 5.82 Å². The molecule has 0 unspecified atom stereocenters. The van der Waals surface area contributed by atoms with E-state index in [1.165, 1.54) is 10.9 Å². The van der Waals surface area contributed by atoms with Crippen LogP contribution < -0.4 is 5.73 Å². The number of aromatic nitrogens is 1. The largest absolute Gasteiger partial charge is 0.383 e. The van der Waals surface area contributed by atoms with E-state index >= 15 is 0 Å². The second kappa shape index (κ2) is 2.73. The van der Waals surface area contributed by atoms with Gasteiger partial charge in [-0.15, -0.1) is 0 Å². The highest BCUT2D eigenvalue weighted by molar-refractivity contribution is 5.93. The predicted octanol–water partition coefficient (Wildman–Crippen LogP) is 2.43. The average Bonchev–Trinajstić information content (AvgIpc) is 2.02. The molecule has 66 valence electrons. The van der Waals surface area contributed by atoms with Crippen LogP contribution in [0.3, 0.4) is 0 Å². The number of hydrogen-bond donors (Lipinski definition) is 1. The van der Waals surface area contributed by atoms with E-state index in [0.29, 0.717) is 5.82 Å². The van der Waals surface area contributed by atoms with Gasteiger partial charge in [0.15, 0.2) is 0 Å². The van der Waals surface area contributed by atoms with Gasteiger partial charge in [0.2, 0.25) is 0 Å². The lowest BCUT2D eigenvalue weighted by molar-refractivity contribution is 1.23.